The molecule has 2 fully saturated rings. The maximum Gasteiger partial charge on any atom is 0.229 e. The van der Waals surface area contributed by atoms with E-state index in [-0.39, 0.29) is 29.6 Å². The van der Waals surface area contributed by atoms with E-state index >= 15 is 0 Å². The van der Waals surface area contributed by atoms with E-state index in [1.807, 2.05) is 5.38 Å². The number of thiazole rings is 1. The molecule has 4 rings (SSSR count). The van der Waals surface area contributed by atoms with Crippen molar-refractivity contribution < 1.29 is 4.79 Å². The minimum absolute atomic E-state index is 0. The molecule has 1 aromatic carbocycles. The Bertz CT molecular complexity index is 783. The number of aryl methyl sites for hydroxylation is 2. The van der Waals surface area contributed by atoms with Crippen LogP contribution in [0.25, 0.3) is 11.3 Å². The van der Waals surface area contributed by atoms with Crippen molar-refractivity contribution in [3.8, 4) is 11.3 Å². The lowest BCUT2D eigenvalue weighted by molar-refractivity contribution is -0.118. The molecular weight excluding hydrogens is 354 g/mol. The summed E-state index contributed by atoms with van der Waals surface area (Å²) >= 11 is 1.51. The van der Waals surface area contributed by atoms with Crippen molar-refractivity contribution in [1.29, 1.82) is 0 Å². The van der Waals surface area contributed by atoms with E-state index in [1.165, 1.54) is 22.5 Å². The lowest BCUT2D eigenvalue weighted by atomic mass is 9.92. The average Bonchev–Trinajstić information content (AvgIpc) is 3.06. The summed E-state index contributed by atoms with van der Waals surface area (Å²) in [6.45, 7) is 6.30. The Morgan fingerprint density at radius 3 is 2.76 bits per heavy atom. The van der Waals surface area contributed by atoms with Crippen LogP contribution in [0.15, 0.2) is 23.6 Å². The summed E-state index contributed by atoms with van der Waals surface area (Å²) in [6, 6.07) is 6.36. The van der Waals surface area contributed by atoms with Gasteiger partial charge in [0.1, 0.15) is 0 Å². The highest BCUT2D eigenvalue weighted by Crippen LogP contribution is 2.58. The highest BCUT2D eigenvalue weighted by Gasteiger charge is 2.57. The number of halogens is 1. The average molecular weight is 378 g/mol. The van der Waals surface area contributed by atoms with E-state index in [9.17, 15) is 4.79 Å². The first-order valence-electron chi connectivity index (χ1n) is 8.62. The molecule has 2 aromatic rings. The Morgan fingerprint density at radius 2 is 2.04 bits per heavy atom. The molecule has 0 radical (unpaired) electrons. The third kappa shape index (κ3) is 3.59. The van der Waals surface area contributed by atoms with Gasteiger partial charge in [0.25, 0.3) is 0 Å². The number of rotatable bonds is 3. The summed E-state index contributed by atoms with van der Waals surface area (Å²) in [7, 11) is 0. The molecule has 0 bridgehead atoms. The van der Waals surface area contributed by atoms with E-state index in [1.54, 1.807) is 0 Å². The minimum atomic E-state index is 0. The van der Waals surface area contributed by atoms with Crippen molar-refractivity contribution in [3.63, 3.8) is 0 Å². The molecule has 2 aliphatic rings. The highest BCUT2D eigenvalue weighted by atomic mass is 35.5. The Kier molecular flexibility index (Phi) is 5.19. The maximum atomic E-state index is 12.5. The zero-order chi connectivity index (χ0) is 16.7. The van der Waals surface area contributed by atoms with E-state index in [4.69, 9.17) is 0 Å². The number of hydrogen-bond donors (Lipinski definition) is 2. The molecule has 1 aromatic heterocycles. The van der Waals surface area contributed by atoms with Crippen molar-refractivity contribution in [2.24, 2.45) is 11.3 Å². The van der Waals surface area contributed by atoms with Gasteiger partial charge in [-0.3, -0.25) is 4.79 Å². The molecule has 134 valence electrons. The van der Waals surface area contributed by atoms with Crippen molar-refractivity contribution in [2.75, 3.05) is 18.4 Å². The number of amides is 1. The minimum Gasteiger partial charge on any atom is -0.317 e. The number of carbonyl (C=O) groups is 1. The van der Waals surface area contributed by atoms with Gasteiger partial charge in [0, 0.05) is 16.9 Å². The SMILES string of the molecule is Cc1ccc(-c2csc(NC(=O)C3CC34CCNCC4)n2)cc1C.Cl. The van der Waals surface area contributed by atoms with Crippen LogP contribution in [-0.2, 0) is 4.79 Å². The van der Waals surface area contributed by atoms with Crippen LogP contribution in [0, 0.1) is 25.2 Å². The van der Waals surface area contributed by atoms with Gasteiger partial charge in [-0.2, -0.15) is 0 Å². The summed E-state index contributed by atoms with van der Waals surface area (Å²) in [5.74, 6) is 0.325. The molecule has 1 unspecified atom stereocenters. The number of nitrogens with zero attached hydrogens (tertiary/aromatic N) is 1. The fourth-order valence-electron chi connectivity index (χ4n) is 3.75. The molecule has 25 heavy (non-hydrogen) atoms. The lowest BCUT2D eigenvalue weighted by Gasteiger charge is -2.22. The van der Waals surface area contributed by atoms with Crippen LogP contribution in [0.5, 0.6) is 0 Å². The fraction of sp³-hybridized carbons (Fsp3) is 0.474. The first-order valence-corrected chi connectivity index (χ1v) is 9.50. The van der Waals surface area contributed by atoms with Gasteiger partial charge in [-0.05, 0) is 68.8 Å². The Hall–Kier alpha value is -1.43. The monoisotopic (exact) mass is 377 g/mol. The van der Waals surface area contributed by atoms with Crippen LogP contribution in [0.1, 0.15) is 30.4 Å². The molecule has 1 spiro atoms. The predicted octanol–water partition coefficient (Wildman–Crippen LogP) is 4.18. The zero-order valence-corrected chi connectivity index (χ0v) is 16.2. The van der Waals surface area contributed by atoms with Crippen LogP contribution in [-0.4, -0.2) is 24.0 Å². The van der Waals surface area contributed by atoms with Gasteiger partial charge in [0.2, 0.25) is 5.91 Å². The summed E-state index contributed by atoms with van der Waals surface area (Å²) in [5, 5.41) is 9.15. The second-order valence-electron chi connectivity index (χ2n) is 7.20. The second-order valence-corrected chi connectivity index (χ2v) is 8.05. The van der Waals surface area contributed by atoms with E-state index in [2.05, 4.69) is 47.7 Å². The third-order valence-corrected chi connectivity index (χ3v) is 6.40. The standard InChI is InChI=1S/C19H23N3OS.ClH/c1-12-3-4-14(9-13(12)2)16-11-24-18(21-16)22-17(23)15-10-19(15)5-7-20-8-6-19;/h3-4,9,11,15,20H,5-8,10H2,1-2H3,(H,21,22,23);1H. The number of carbonyl (C=O) groups excluding carboxylic acids is 1. The van der Waals surface area contributed by atoms with Crippen LogP contribution in [0.2, 0.25) is 0 Å². The number of anilines is 1. The summed E-state index contributed by atoms with van der Waals surface area (Å²) in [4.78, 5) is 17.1. The van der Waals surface area contributed by atoms with Crippen LogP contribution in [0.3, 0.4) is 0 Å². The normalized spacial score (nSPS) is 20.8. The fourth-order valence-corrected chi connectivity index (χ4v) is 4.48. The Labute approximate surface area is 158 Å². The van der Waals surface area contributed by atoms with E-state index < -0.39 is 0 Å². The van der Waals surface area contributed by atoms with Crippen molar-refractivity contribution >= 4 is 34.8 Å². The molecule has 4 nitrogen and oxygen atoms in total. The largest absolute Gasteiger partial charge is 0.317 e. The molecule has 2 heterocycles. The molecule has 1 amide bonds. The van der Waals surface area contributed by atoms with Gasteiger partial charge in [0.05, 0.1) is 5.69 Å². The van der Waals surface area contributed by atoms with Crippen LogP contribution in [0.4, 0.5) is 5.13 Å². The first-order chi connectivity index (χ1) is 11.6. The molecule has 1 saturated carbocycles. The molecule has 1 aliphatic carbocycles. The van der Waals surface area contributed by atoms with Gasteiger partial charge in [-0.1, -0.05) is 12.1 Å². The molecule has 1 saturated heterocycles. The summed E-state index contributed by atoms with van der Waals surface area (Å²) < 4.78 is 0. The molecular formula is C19H24ClN3OS. The van der Waals surface area contributed by atoms with E-state index in [0.29, 0.717) is 5.13 Å². The van der Waals surface area contributed by atoms with Gasteiger partial charge in [-0.15, -0.1) is 23.7 Å². The highest BCUT2D eigenvalue weighted by molar-refractivity contribution is 7.14. The topological polar surface area (TPSA) is 54.0 Å². The first kappa shape index (κ1) is 18.4. The van der Waals surface area contributed by atoms with Crippen LogP contribution >= 0.6 is 23.7 Å². The predicted molar refractivity (Wildman–Crippen MR) is 106 cm³/mol. The smallest absolute Gasteiger partial charge is 0.229 e. The maximum absolute atomic E-state index is 12.5. The number of piperidine rings is 1. The van der Waals surface area contributed by atoms with Crippen molar-refractivity contribution in [1.82, 2.24) is 10.3 Å². The van der Waals surface area contributed by atoms with Gasteiger partial charge in [0.15, 0.2) is 5.13 Å². The van der Waals surface area contributed by atoms with E-state index in [0.717, 1.165) is 43.6 Å². The third-order valence-electron chi connectivity index (χ3n) is 5.64. The van der Waals surface area contributed by atoms with Crippen LogP contribution < -0.4 is 10.6 Å². The quantitative estimate of drug-likeness (QED) is 0.843. The van der Waals surface area contributed by atoms with Gasteiger partial charge < -0.3 is 10.6 Å². The Balaban J connectivity index is 0.00000182. The summed E-state index contributed by atoms with van der Waals surface area (Å²) in [5.41, 5.74) is 4.85. The van der Waals surface area contributed by atoms with Crippen molar-refractivity contribution in [2.45, 2.75) is 33.1 Å². The molecule has 6 heteroatoms. The number of aromatic nitrogens is 1. The van der Waals surface area contributed by atoms with Crippen molar-refractivity contribution in [3.05, 3.63) is 34.7 Å². The van der Waals surface area contributed by atoms with Gasteiger partial charge >= 0.3 is 0 Å². The molecule has 2 N–H and O–H groups in total. The van der Waals surface area contributed by atoms with Gasteiger partial charge in [-0.25, -0.2) is 4.98 Å². The Morgan fingerprint density at radius 1 is 1.28 bits per heavy atom. The number of nitrogens with one attached hydrogen (secondary N) is 2. The summed E-state index contributed by atoms with van der Waals surface area (Å²) in [6.07, 6.45) is 3.28. The lowest BCUT2D eigenvalue weighted by Crippen LogP contribution is -2.31. The second kappa shape index (κ2) is 7.06. The molecule has 1 aliphatic heterocycles. The number of benzene rings is 1. The zero-order valence-electron chi connectivity index (χ0n) is 14.6. The molecule has 1 atom stereocenters. The number of hydrogen-bond acceptors (Lipinski definition) is 4.